The number of nitrogens with zero attached hydrogens (tertiary/aromatic N) is 1. The molecule has 6 heteroatoms. The van der Waals surface area contributed by atoms with Crippen molar-refractivity contribution in [3.8, 4) is 0 Å². The number of carboxylic acid groups (broad SMARTS) is 1. The summed E-state index contributed by atoms with van der Waals surface area (Å²) < 4.78 is 12.7. The van der Waals surface area contributed by atoms with Gasteiger partial charge in [-0.1, -0.05) is 0 Å². The summed E-state index contributed by atoms with van der Waals surface area (Å²) in [5, 5.41) is 11.5. The van der Waals surface area contributed by atoms with E-state index in [1.165, 1.54) is 18.2 Å². The molecule has 0 unspecified atom stereocenters. The summed E-state index contributed by atoms with van der Waals surface area (Å²) in [4.78, 5) is 26.1. The molecule has 1 amide bonds. The Kier molecular flexibility index (Phi) is 3.74. The molecule has 20 heavy (non-hydrogen) atoms. The minimum Gasteiger partial charge on any atom is -0.478 e. The first-order valence-electron chi connectivity index (χ1n) is 5.74. The van der Waals surface area contributed by atoms with Crippen molar-refractivity contribution in [1.29, 1.82) is 0 Å². The lowest BCUT2D eigenvalue weighted by atomic mass is 10.1. The van der Waals surface area contributed by atoms with Crippen LogP contribution in [0.4, 0.5) is 10.1 Å². The van der Waals surface area contributed by atoms with Gasteiger partial charge in [0.05, 0.1) is 11.1 Å². The summed E-state index contributed by atoms with van der Waals surface area (Å²) in [7, 11) is 0. The number of aryl methyl sites for hydroxylation is 1. The summed E-state index contributed by atoms with van der Waals surface area (Å²) in [5.74, 6) is -2.13. The van der Waals surface area contributed by atoms with Crippen LogP contribution >= 0.6 is 0 Å². The highest BCUT2D eigenvalue weighted by molar-refractivity contribution is 6.04. The van der Waals surface area contributed by atoms with Gasteiger partial charge in [0.1, 0.15) is 0 Å². The number of amides is 1. The summed E-state index contributed by atoms with van der Waals surface area (Å²) >= 11 is 0. The van der Waals surface area contributed by atoms with Crippen molar-refractivity contribution in [2.75, 3.05) is 5.32 Å². The fourth-order valence-corrected chi connectivity index (χ4v) is 1.69. The number of benzene rings is 1. The van der Waals surface area contributed by atoms with E-state index in [0.717, 1.165) is 12.3 Å². The second kappa shape index (κ2) is 5.48. The van der Waals surface area contributed by atoms with Crippen molar-refractivity contribution >= 4 is 17.6 Å². The maximum Gasteiger partial charge on any atom is 0.335 e. The number of aromatic nitrogens is 1. The highest BCUT2D eigenvalue weighted by atomic mass is 19.1. The lowest BCUT2D eigenvalue weighted by Gasteiger charge is -2.07. The van der Waals surface area contributed by atoms with Crippen LogP contribution in [0.2, 0.25) is 0 Å². The van der Waals surface area contributed by atoms with Gasteiger partial charge < -0.3 is 10.4 Å². The Morgan fingerprint density at radius 1 is 1.25 bits per heavy atom. The Labute approximate surface area is 114 Å². The molecular weight excluding hydrogens is 263 g/mol. The molecule has 0 aliphatic carbocycles. The normalized spacial score (nSPS) is 10.1. The molecule has 102 valence electrons. The van der Waals surface area contributed by atoms with E-state index < -0.39 is 17.8 Å². The molecule has 0 aliphatic rings. The molecule has 1 heterocycles. The molecule has 0 saturated carbocycles. The third kappa shape index (κ3) is 2.97. The lowest BCUT2D eigenvalue weighted by molar-refractivity contribution is 0.0696. The van der Waals surface area contributed by atoms with Crippen molar-refractivity contribution < 1.29 is 19.1 Å². The number of carbonyl (C=O) groups is 2. The molecular formula is C14H11FN2O3. The zero-order valence-electron chi connectivity index (χ0n) is 10.6. The summed E-state index contributed by atoms with van der Waals surface area (Å²) in [6, 6.07) is 6.86. The quantitative estimate of drug-likeness (QED) is 0.843. The fraction of sp³-hybridized carbons (Fsp3) is 0.0714. The van der Waals surface area contributed by atoms with Crippen LogP contribution < -0.4 is 5.32 Å². The maximum absolute atomic E-state index is 12.7. The maximum atomic E-state index is 12.7. The van der Waals surface area contributed by atoms with E-state index in [1.54, 1.807) is 13.0 Å². The number of aromatic carboxylic acids is 1. The molecule has 1 aromatic heterocycles. The number of carbonyl (C=O) groups excluding carboxylic acids is 1. The zero-order valence-corrected chi connectivity index (χ0v) is 10.6. The molecule has 2 N–H and O–H groups in total. The Bertz CT molecular complexity index is 669. The van der Waals surface area contributed by atoms with Crippen molar-refractivity contribution in [2.24, 2.45) is 0 Å². The minimum absolute atomic E-state index is 0.173. The first-order chi connectivity index (χ1) is 9.47. The first-order valence-corrected chi connectivity index (χ1v) is 5.74. The SMILES string of the molecule is Cc1cc(NC(=O)c2ccc(F)nc2)ccc1C(=O)O. The summed E-state index contributed by atoms with van der Waals surface area (Å²) in [6.07, 6.45) is 1.13. The summed E-state index contributed by atoms with van der Waals surface area (Å²) in [5.41, 5.74) is 1.38. The van der Waals surface area contributed by atoms with Crippen molar-refractivity contribution in [1.82, 2.24) is 4.98 Å². The largest absolute Gasteiger partial charge is 0.478 e. The molecule has 1 aromatic carbocycles. The van der Waals surface area contributed by atoms with E-state index in [2.05, 4.69) is 10.3 Å². The average molecular weight is 274 g/mol. The third-order valence-corrected chi connectivity index (χ3v) is 2.70. The highest BCUT2D eigenvalue weighted by Crippen LogP contribution is 2.16. The minimum atomic E-state index is -1.02. The second-order valence-electron chi connectivity index (χ2n) is 4.16. The van der Waals surface area contributed by atoms with Gasteiger partial charge >= 0.3 is 5.97 Å². The molecule has 0 spiro atoms. The molecule has 0 saturated heterocycles. The molecule has 0 fully saturated rings. The van der Waals surface area contributed by atoms with E-state index in [1.807, 2.05) is 0 Å². The number of hydrogen-bond acceptors (Lipinski definition) is 3. The van der Waals surface area contributed by atoms with Crippen LogP contribution in [0.15, 0.2) is 36.5 Å². The van der Waals surface area contributed by atoms with Gasteiger partial charge in [0.15, 0.2) is 0 Å². The van der Waals surface area contributed by atoms with Crippen LogP contribution in [0.1, 0.15) is 26.3 Å². The van der Waals surface area contributed by atoms with Gasteiger partial charge in [-0.15, -0.1) is 0 Å². The van der Waals surface area contributed by atoms with Crippen LogP contribution in [-0.2, 0) is 0 Å². The first kappa shape index (κ1) is 13.7. The number of carboxylic acids is 1. The Morgan fingerprint density at radius 3 is 2.55 bits per heavy atom. The van der Waals surface area contributed by atoms with E-state index >= 15 is 0 Å². The topological polar surface area (TPSA) is 79.3 Å². The zero-order chi connectivity index (χ0) is 14.7. The number of anilines is 1. The predicted octanol–water partition coefficient (Wildman–Crippen LogP) is 2.48. The molecule has 0 aliphatic heterocycles. The molecule has 0 atom stereocenters. The van der Waals surface area contributed by atoms with E-state index in [9.17, 15) is 14.0 Å². The van der Waals surface area contributed by atoms with Crippen LogP contribution in [0.3, 0.4) is 0 Å². The van der Waals surface area contributed by atoms with Crippen LogP contribution in [0.25, 0.3) is 0 Å². The predicted molar refractivity (Wildman–Crippen MR) is 70.3 cm³/mol. The van der Waals surface area contributed by atoms with Crippen LogP contribution in [0.5, 0.6) is 0 Å². The Balaban J connectivity index is 2.18. The fourth-order valence-electron chi connectivity index (χ4n) is 1.69. The average Bonchev–Trinajstić information content (AvgIpc) is 2.39. The van der Waals surface area contributed by atoms with Gasteiger partial charge in [0.2, 0.25) is 5.95 Å². The number of hydrogen-bond donors (Lipinski definition) is 2. The van der Waals surface area contributed by atoms with Crippen molar-refractivity contribution in [3.63, 3.8) is 0 Å². The lowest BCUT2D eigenvalue weighted by Crippen LogP contribution is -2.13. The van der Waals surface area contributed by atoms with E-state index in [4.69, 9.17) is 5.11 Å². The standard InChI is InChI=1S/C14H11FN2O3/c1-8-6-10(3-4-11(8)14(19)20)17-13(18)9-2-5-12(15)16-7-9/h2-7H,1H3,(H,17,18)(H,19,20). The molecule has 2 aromatic rings. The van der Waals surface area contributed by atoms with Gasteiger partial charge in [-0.2, -0.15) is 4.39 Å². The van der Waals surface area contributed by atoms with E-state index in [-0.39, 0.29) is 11.1 Å². The summed E-state index contributed by atoms with van der Waals surface area (Å²) in [6.45, 7) is 1.64. The van der Waals surface area contributed by atoms with Crippen molar-refractivity contribution in [3.05, 3.63) is 59.2 Å². The monoisotopic (exact) mass is 274 g/mol. The van der Waals surface area contributed by atoms with Crippen molar-refractivity contribution in [2.45, 2.75) is 6.92 Å². The second-order valence-corrected chi connectivity index (χ2v) is 4.16. The smallest absolute Gasteiger partial charge is 0.335 e. The third-order valence-electron chi connectivity index (χ3n) is 2.70. The number of rotatable bonds is 3. The molecule has 0 bridgehead atoms. The molecule has 2 rings (SSSR count). The van der Waals surface area contributed by atoms with Gasteiger partial charge in [-0.3, -0.25) is 4.79 Å². The van der Waals surface area contributed by atoms with Gasteiger partial charge in [-0.25, -0.2) is 9.78 Å². The van der Waals surface area contributed by atoms with Gasteiger partial charge in [0, 0.05) is 11.9 Å². The molecule has 5 nitrogen and oxygen atoms in total. The number of halogens is 1. The van der Waals surface area contributed by atoms with Gasteiger partial charge in [-0.05, 0) is 42.8 Å². The van der Waals surface area contributed by atoms with Crippen LogP contribution in [-0.4, -0.2) is 22.0 Å². The molecule has 0 radical (unpaired) electrons. The number of nitrogens with one attached hydrogen (secondary N) is 1. The van der Waals surface area contributed by atoms with E-state index in [0.29, 0.717) is 11.3 Å². The van der Waals surface area contributed by atoms with Crippen LogP contribution in [0, 0.1) is 12.9 Å². The van der Waals surface area contributed by atoms with Gasteiger partial charge in [0.25, 0.3) is 5.91 Å². The highest BCUT2D eigenvalue weighted by Gasteiger charge is 2.10. The Morgan fingerprint density at radius 2 is 2.00 bits per heavy atom. The Hall–Kier alpha value is -2.76. The number of pyridine rings is 1.